The van der Waals surface area contributed by atoms with Crippen molar-refractivity contribution in [1.29, 1.82) is 0 Å². The van der Waals surface area contributed by atoms with Gasteiger partial charge in [-0.1, -0.05) is 17.7 Å². The van der Waals surface area contributed by atoms with Gasteiger partial charge in [-0.3, -0.25) is 0 Å². The average Bonchev–Trinajstić information content (AvgIpc) is 2.11. The first-order chi connectivity index (χ1) is 7.24. The third-order valence-electron chi connectivity index (χ3n) is 2.20. The molecule has 0 atom stereocenters. The Bertz CT molecular complexity index is 365. The van der Waals surface area contributed by atoms with Gasteiger partial charge in [0.05, 0.1) is 6.04 Å². The lowest BCUT2D eigenvalue weighted by atomic mass is 10.2. The van der Waals surface area contributed by atoms with Gasteiger partial charge in [0, 0.05) is 23.8 Å². The summed E-state index contributed by atoms with van der Waals surface area (Å²) in [5.41, 5.74) is 0.701. The maximum atomic E-state index is 11.4. The van der Waals surface area contributed by atoms with E-state index in [9.17, 15) is 4.79 Å². The van der Waals surface area contributed by atoms with Gasteiger partial charge in [-0.2, -0.15) is 0 Å². The van der Waals surface area contributed by atoms with Crippen LogP contribution in [0, 0.1) is 0 Å². The Labute approximate surface area is 93.0 Å². The van der Waals surface area contributed by atoms with E-state index >= 15 is 0 Å². The number of amides is 2. The van der Waals surface area contributed by atoms with Crippen LogP contribution in [-0.4, -0.2) is 25.2 Å². The van der Waals surface area contributed by atoms with Crippen molar-refractivity contribution in [1.82, 2.24) is 10.6 Å². The smallest absolute Gasteiger partial charge is 0.319 e. The van der Waals surface area contributed by atoms with Crippen LogP contribution in [0.1, 0.15) is 0 Å². The quantitative estimate of drug-likeness (QED) is 0.713. The van der Waals surface area contributed by atoms with Crippen molar-refractivity contribution in [3.8, 4) is 0 Å². The molecular weight excluding hydrogens is 214 g/mol. The number of benzene rings is 1. The highest BCUT2D eigenvalue weighted by Crippen LogP contribution is 2.14. The standard InChI is InChI=1S/C10H12ClN3O/c11-7-2-1-3-8(4-7)13-10(15)14-9-5-12-6-9/h1-4,9,12H,5-6H2,(H2,13,14,15). The first-order valence-corrected chi connectivity index (χ1v) is 5.15. The van der Waals surface area contributed by atoms with Gasteiger partial charge in [0.2, 0.25) is 0 Å². The Morgan fingerprint density at radius 1 is 1.47 bits per heavy atom. The van der Waals surface area contributed by atoms with Crippen LogP contribution in [0.25, 0.3) is 0 Å². The zero-order valence-corrected chi connectivity index (χ0v) is 8.84. The summed E-state index contributed by atoms with van der Waals surface area (Å²) in [6.07, 6.45) is 0. The van der Waals surface area contributed by atoms with E-state index in [4.69, 9.17) is 11.6 Å². The SMILES string of the molecule is O=C(Nc1cccc(Cl)c1)NC1CNC1. The molecule has 1 aromatic carbocycles. The van der Waals surface area contributed by atoms with Crippen molar-refractivity contribution in [2.75, 3.05) is 18.4 Å². The topological polar surface area (TPSA) is 53.2 Å². The lowest BCUT2D eigenvalue weighted by Crippen LogP contribution is -2.57. The summed E-state index contributed by atoms with van der Waals surface area (Å²) in [5, 5.41) is 9.23. The molecule has 0 aromatic heterocycles. The maximum Gasteiger partial charge on any atom is 0.319 e. The van der Waals surface area contributed by atoms with E-state index in [1.165, 1.54) is 0 Å². The Balaban J connectivity index is 1.87. The van der Waals surface area contributed by atoms with Crippen LogP contribution >= 0.6 is 11.6 Å². The number of hydrogen-bond acceptors (Lipinski definition) is 2. The van der Waals surface area contributed by atoms with Crippen LogP contribution in [0.4, 0.5) is 10.5 Å². The first kappa shape index (κ1) is 10.3. The van der Waals surface area contributed by atoms with Crippen LogP contribution in [0.15, 0.2) is 24.3 Å². The molecule has 1 aliphatic heterocycles. The van der Waals surface area contributed by atoms with Crippen molar-refractivity contribution in [3.63, 3.8) is 0 Å². The molecule has 1 saturated heterocycles. The number of carbonyl (C=O) groups is 1. The molecule has 1 aliphatic rings. The largest absolute Gasteiger partial charge is 0.333 e. The molecule has 2 rings (SSSR count). The van der Waals surface area contributed by atoms with Gasteiger partial charge < -0.3 is 16.0 Å². The molecule has 80 valence electrons. The summed E-state index contributed by atoms with van der Waals surface area (Å²) < 4.78 is 0. The third-order valence-corrected chi connectivity index (χ3v) is 2.43. The Hall–Kier alpha value is -1.26. The summed E-state index contributed by atoms with van der Waals surface area (Å²) in [5.74, 6) is 0. The van der Waals surface area contributed by atoms with Gasteiger partial charge in [-0.25, -0.2) is 4.79 Å². The van der Waals surface area contributed by atoms with E-state index in [2.05, 4.69) is 16.0 Å². The van der Waals surface area contributed by atoms with Crippen LogP contribution in [0.2, 0.25) is 5.02 Å². The second-order valence-electron chi connectivity index (χ2n) is 3.46. The van der Waals surface area contributed by atoms with Crippen molar-refractivity contribution in [2.24, 2.45) is 0 Å². The maximum absolute atomic E-state index is 11.4. The number of urea groups is 1. The van der Waals surface area contributed by atoms with Crippen molar-refractivity contribution in [3.05, 3.63) is 29.3 Å². The van der Waals surface area contributed by atoms with Gasteiger partial charge in [-0.05, 0) is 18.2 Å². The highest BCUT2D eigenvalue weighted by atomic mass is 35.5. The van der Waals surface area contributed by atoms with E-state index < -0.39 is 0 Å². The van der Waals surface area contributed by atoms with Crippen molar-refractivity contribution in [2.45, 2.75) is 6.04 Å². The fourth-order valence-corrected chi connectivity index (χ4v) is 1.50. The van der Waals surface area contributed by atoms with Crippen molar-refractivity contribution < 1.29 is 4.79 Å². The molecule has 0 saturated carbocycles. The molecule has 0 unspecified atom stereocenters. The number of carbonyl (C=O) groups excluding carboxylic acids is 1. The number of rotatable bonds is 2. The molecule has 2 amide bonds. The fraction of sp³-hybridized carbons (Fsp3) is 0.300. The molecule has 1 heterocycles. The summed E-state index contributed by atoms with van der Waals surface area (Å²) in [6.45, 7) is 1.67. The minimum absolute atomic E-state index is 0.191. The fourth-order valence-electron chi connectivity index (χ4n) is 1.31. The normalized spacial score (nSPS) is 15.5. The van der Waals surface area contributed by atoms with E-state index in [1.807, 2.05) is 0 Å². The van der Waals surface area contributed by atoms with Gasteiger partial charge in [-0.15, -0.1) is 0 Å². The molecular formula is C10H12ClN3O. The monoisotopic (exact) mass is 225 g/mol. The van der Waals surface area contributed by atoms with E-state index in [-0.39, 0.29) is 12.1 Å². The van der Waals surface area contributed by atoms with Crippen molar-refractivity contribution >= 4 is 23.3 Å². The lowest BCUT2D eigenvalue weighted by Gasteiger charge is -2.27. The molecule has 5 heteroatoms. The molecule has 0 radical (unpaired) electrons. The number of halogens is 1. The summed E-state index contributed by atoms with van der Waals surface area (Å²) in [6, 6.07) is 7.11. The molecule has 15 heavy (non-hydrogen) atoms. The summed E-state index contributed by atoms with van der Waals surface area (Å²) >= 11 is 5.79. The highest BCUT2D eigenvalue weighted by Gasteiger charge is 2.18. The molecule has 0 spiro atoms. The average molecular weight is 226 g/mol. The van der Waals surface area contributed by atoms with Gasteiger partial charge in [0.1, 0.15) is 0 Å². The van der Waals surface area contributed by atoms with Gasteiger partial charge >= 0.3 is 6.03 Å². The predicted molar refractivity (Wildman–Crippen MR) is 60.3 cm³/mol. The van der Waals surface area contributed by atoms with Crippen LogP contribution in [0.5, 0.6) is 0 Å². The molecule has 4 nitrogen and oxygen atoms in total. The number of hydrogen-bond donors (Lipinski definition) is 3. The van der Waals surface area contributed by atoms with E-state index in [1.54, 1.807) is 24.3 Å². The van der Waals surface area contributed by atoms with Crippen LogP contribution in [-0.2, 0) is 0 Å². The molecule has 1 fully saturated rings. The minimum Gasteiger partial charge on any atom is -0.333 e. The lowest BCUT2D eigenvalue weighted by molar-refractivity contribution is 0.243. The highest BCUT2D eigenvalue weighted by molar-refractivity contribution is 6.30. The Morgan fingerprint density at radius 2 is 2.27 bits per heavy atom. The van der Waals surface area contributed by atoms with Crippen LogP contribution < -0.4 is 16.0 Å². The zero-order valence-electron chi connectivity index (χ0n) is 8.09. The van der Waals surface area contributed by atoms with E-state index in [0.717, 1.165) is 13.1 Å². The Morgan fingerprint density at radius 3 is 2.87 bits per heavy atom. The number of nitrogens with one attached hydrogen (secondary N) is 3. The summed E-state index contributed by atoms with van der Waals surface area (Å²) in [4.78, 5) is 11.4. The van der Waals surface area contributed by atoms with Gasteiger partial charge in [0.25, 0.3) is 0 Å². The Kier molecular flexibility index (Phi) is 3.08. The first-order valence-electron chi connectivity index (χ1n) is 4.78. The molecule has 0 bridgehead atoms. The summed E-state index contributed by atoms with van der Waals surface area (Å²) in [7, 11) is 0. The second kappa shape index (κ2) is 4.51. The number of anilines is 1. The van der Waals surface area contributed by atoms with Crippen LogP contribution in [0.3, 0.4) is 0 Å². The molecule has 3 N–H and O–H groups in total. The molecule has 1 aromatic rings. The minimum atomic E-state index is -0.191. The second-order valence-corrected chi connectivity index (χ2v) is 3.90. The predicted octanol–water partition coefficient (Wildman–Crippen LogP) is 1.43. The molecule has 0 aliphatic carbocycles. The third kappa shape index (κ3) is 2.84. The zero-order chi connectivity index (χ0) is 10.7. The van der Waals surface area contributed by atoms with Gasteiger partial charge in [0.15, 0.2) is 0 Å². The van der Waals surface area contributed by atoms with E-state index in [0.29, 0.717) is 10.7 Å².